The van der Waals surface area contributed by atoms with Crippen LogP contribution in [0.5, 0.6) is 0 Å². The van der Waals surface area contributed by atoms with Crippen LogP contribution in [-0.4, -0.2) is 58.7 Å². The zero-order valence-electron chi connectivity index (χ0n) is 20.8. The van der Waals surface area contributed by atoms with Crippen molar-refractivity contribution < 1.29 is 22.8 Å². The van der Waals surface area contributed by atoms with Gasteiger partial charge in [-0.15, -0.1) is 0 Å². The minimum atomic E-state index is -0.981. The van der Waals surface area contributed by atoms with Crippen molar-refractivity contribution in [1.29, 1.82) is 0 Å². The van der Waals surface area contributed by atoms with Gasteiger partial charge in [-0.05, 0) is 58.7 Å². The minimum absolute atomic E-state index is 0.112. The van der Waals surface area contributed by atoms with Gasteiger partial charge >= 0.3 is 0 Å². The van der Waals surface area contributed by atoms with Gasteiger partial charge in [0, 0.05) is 39.3 Å². The predicted octanol–water partition coefficient (Wildman–Crippen LogP) is 3.60. The highest BCUT2D eigenvalue weighted by Crippen LogP contribution is 2.30. The van der Waals surface area contributed by atoms with E-state index in [9.17, 15) is 22.8 Å². The van der Waals surface area contributed by atoms with E-state index >= 15 is 0 Å². The highest BCUT2D eigenvalue weighted by Gasteiger charge is 2.32. The molecular formula is C29H29F3N4O2. The average molecular weight is 523 g/mol. The van der Waals surface area contributed by atoms with Crippen molar-refractivity contribution in [3.05, 3.63) is 106 Å². The highest BCUT2D eigenvalue weighted by molar-refractivity contribution is 5.88. The van der Waals surface area contributed by atoms with Gasteiger partial charge in [0.1, 0.15) is 17.5 Å². The Hall–Kier alpha value is -3.69. The van der Waals surface area contributed by atoms with Crippen LogP contribution in [0.25, 0.3) is 0 Å². The SMILES string of the molecule is NC(CC(=O)N1CCN(C(c2ccc(F)cc2)c2ccc(F)cc2)CC1)C(=O)N1Cc2ccc(F)cc2C1. The molecule has 2 N–H and O–H groups in total. The molecule has 5 rings (SSSR count). The first-order valence-electron chi connectivity index (χ1n) is 12.6. The van der Waals surface area contributed by atoms with Crippen LogP contribution < -0.4 is 5.73 Å². The first-order chi connectivity index (χ1) is 18.3. The molecule has 2 aliphatic heterocycles. The molecule has 198 valence electrons. The Balaban J connectivity index is 1.20. The van der Waals surface area contributed by atoms with E-state index in [0.29, 0.717) is 32.7 Å². The van der Waals surface area contributed by atoms with Gasteiger partial charge in [-0.2, -0.15) is 0 Å². The zero-order valence-corrected chi connectivity index (χ0v) is 20.8. The fourth-order valence-corrected chi connectivity index (χ4v) is 5.29. The van der Waals surface area contributed by atoms with Gasteiger partial charge in [-0.1, -0.05) is 30.3 Å². The van der Waals surface area contributed by atoms with Crippen molar-refractivity contribution in [2.75, 3.05) is 26.2 Å². The average Bonchev–Trinajstić information content (AvgIpc) is 3.34. The number of carbonyl (C=O) groups excluding carboxylic acids is 2. The molecule has 6 nitrogen and oxygen atoms in total. The molecule has 0 aliphatic carbocycles. The summed E-state index contributed by atoms with van der Waals surface area (Å²) in [6.45, 7) is 2.59. The summed E-state index contributed by atoms with van der Waals surface area (Å²) in [4.78, 5) is 31.3. The molecule has 38 heavy (non-hydrogen) atoms. The summed E-state index contributed by atoms with van der Waals surface area (Å²) in [5.41, 5.74) is 9.52. The van der Waals surface area contributed by atoms with Crippen molar-refractivity contribution in [1.82, 2.24) is 14.7 Å². The lowest BCUT2D eigenvalue weighted by atomic mass is 9.96. The molecule has 3 aromatic carbocycles. The first-order valence-corrected chi connectivity index (χ1v) is 12.6. The summed E-state index contributed by atoms with van der Waals surface area (Å²) in [5, 5.41) is 0. The highest BCUT2D eigenvalue weighted by atomic mass is 19.1. The van der Waals surface area contributed by atoms with E-state index in [4.69, 9.17) is 5.73 Å². The normalized spacial score (nSPS) is 16.6. The molecule has 0 bridgehead atoms. The van der Waals surface area contributed by atoms with E-state index in [-0.39, 0.29) is 48.3 Å². The van der Waals surface area contributed by atoms with Gasteiger partial charge in [0.25, 0.3) is 0 Å². The Morgan fingerprint density at radius 2 is 1.24 bits per heavy atom. The molecule has 1 atom stereocenters. The van der Waals surface area contributed by atoms with Gasteiger partial charge in [0.2, 0.25) is 11.8 Å². The zero-order chi connectivity index (χ0) is 26.8. The number of halogens is 3. The molecule has 0 radical (unpaired) electrons. The smallest absolute Gasteiger partial charge is 0.240 e. The second-order valence-corrected chi connectivity index (χ2v) is 9.84. The van der Waals surface area contributed by atoms with Crippen LogP contribution in [0.4, 0.5) is 13.2 Å². The molecule has 1 unspecified atom stereocenters. The molecule has 2 amide bonds. The Bertz CT molecular complexity index is 1260. The number of hydrogen-bond acceptors (Lipinski definition) is 4. The van der Waals surface area contributed by atoms with Crippen molar-refractivity contribution in [3.63, 3.8) is 0 Å². The largest absolute Gasteiger partial charge is 0.340 e. The van der Waals surface area contributed by atoms with Gasteiger partial charge in [-0.25, -0.2) is 13.2 Å². The van der Waals surface area contributed by atoms with Gasteiger partial charge in [-0.3, -0.25) is 14.5 Å². The molecule has 2 heterocycles. The number of amides is 2. The first kappa shape index (κ1) is 25.9. The quantitative estimate of drug-likeness (QED) is 0.537. The topological polar surface area (TPSA) is 69.9 Å². The molecule has 3 aromatic rings. The minimum Gasteiger partial charge on any atom is -0.340 e. The molecule has 1 saturated heterocycles. The summed E-state index contributed by atoms with van der Waals surface area (Å²) < 4.78 is 40.7. The van der Waals surface area contributed by atoms with Gasteiger partial charge in [0.15, 0.2) is 0 Å². The summed E-state index contributed by atoms with van der Waals surface area (Å²) >= 11 is 0. The number of nitrogens with two attached hydrogens (primary N) is 1. The summed E-state index contributed by atoms with van der Waals surface area (Å²) in [5.74, 6) is -1.55. The second kappa shape index (κ2) is 11.0. The maximum Gasteiger partial charge on any atom is 0.240 e. The maximum atomic E-state index is 13.6. The third-order valence-electron chi connectivity index (χ3n) is 7.32. The summed E-state index contributed by atoms with van der Waals surface area (Å²) in [6.07, 6.45) is -0.112. The molecule has 0 saturated carbocycles. The van der Waals surface area contributed by atoms with Crippen molar-refractivity contribution in [2.24, 2.45) is 5.73 Å². The summed E-state index contributed by atoms with van der Waals surface area (Å²) in [7, 11) is 0. The van der Waals surface area contributed by atoms with Crippen LogP contribution in [-0.2, 0) is 22.7 Å². The Morgan fingerprint density at radius 1 is 0.711 bits per heavy atom. The third-order valence-corrected chi connectivity index (χ3v) is 7.32. The fraction of sp³-hybridized carbons (Fsp3) is 0.310. The predicted molar refractivity (Wildman–Crippen MR) is 136 cm³/mol. The van der Waals surface area contributed by atoms with E-state index in [1.807, 2.05) is 0 Å². The monoisotopic (exact) mass is 522 g/mol. The Labute approximate surface area is 219 Å². The number of nitrogens with zero attached hydrogens (tertiary/aromatic N) is 3. The fourth-order valence-electron chi connectivity index (χ4n) is 5.29. The van der Waals surface area contributed by atoms with Crippen molar-refractivity contribution >= 4 is 11.8 Å². The number of fused-ring (bicyclic) bond motifs is 1. The standard InChI is InChI=1S/C29H29F3N4O2/c30-23-6-1-19(2-7-23)28(20-3-8-24(31)9-4-20)35-13-11-34(12-14-35)27(37)16-26(33)29(38)36-17-21-5-10-25(32)15-22(21)18-36/h1-10,15,26,28H,11-14,16-18,33H2. The lowest BCUT2D eigenvalue weighted by Crippen LogP contribution is -2.52. The molecule has 1 fully saturated rings. The summed E-state index contributed by atoms with van der Waals surface area (Å²) in [6, 6.07) is 15.7. The van der Waals surface area contributed by atoms with E-state index in [1.165, 1.54) is 36.4 Å². The van der Waals surface area contributed by atoms with Crippen molar-refractivity contribution in [2.45, 2.75) is 31.6 Å². The number of benzene rings is 3. The Kier molecular flexibility index (Phi) is 7.49. The maximum absolute atomic E-state index is 13.6. The van der Waals surface area contributed by atoms with E-state index < -0.39 is 6.04 Å². The number of carbonyl (C=O) groups is 2. The molecular weight excluding hydrogens is 493 g/mol. The molecule has 0 spiro atoms. The van der Waals surface area contributed by atoms with E-state index in [1.54, 1.807) is 40.1 Å². The van der Waals surface area contributed by atoms with Crippen LogP contribution in [0.1, 0.15) is 34.7 Å². The third kappa shape index (κ3) is 5.58. The van der Waals surface area contributed by atoms with E-state index in [2.05, 4.69) is 4.90 Å². The number of piperazine rings is 1. The lowest BCUT2D eigenvalue weighted by Gasteiger charge is -2.40. The number of hydrogen-bond donors (Lipinski definition) is 1. The lowest BCUT2D eigenvalue weighted by molar-refractivity contribution is -0.139. The van der Waals surface area contributed by atoms with Gasteiger partial charge < -0.3 is 15.5 Å². The van der Waals surface area contributed by atoms with Crippen LogP contribution in [0, 0.1) is 17.5 Å². The van der Waals surface area contributed by atoms with Gasteiger partial charge in [0.05, 0.1) is 18.5 Å². The molecule has 0 aromatic heterocycles. The van der Waals surface area contributed by atoms with E-state index in [0.717, 1.165) is 22.3 Å². The number of rotatable bonds is 6. The second-order valence-electron chi connectivity index (χ2n) is 9.84. The Morgan fingerprint density at radius 3 is 1.82 bits per heavy atom. The van der Waals surface area contributed by atoms with Crippen LogP contribution in [0.2, 0.25) is 0 Å². The molecule has 2 aliphatic rings. The molecule has 9 heteroatoms. The van der Waals surface area contributed by atoms with Crippen LogP contribution in [0.3, 0.4) is 0 Å². The van der Waals surface area contributed by atoms with Crippen LogP contribution >= 0.6 is 0 Å². The van der Waals surface area contributed by atoms with Crippen LogP contribution in [0.15, 0.2) is 66.7 Å². The van der Waals surface area contributed by atoms with Crippen molar-refractivity contribution in [3.8, 4) is 0 Å².